The molecule has 0 atom stereocenters. The summed E-state index contributed by atoms with van der Waals surface area (Å²) < 4.78 is 5.17. The van der Waals surface area contributed by atoms with Gasteiger partial charge in [0.2, 0.25) is 0 Å². The van der Waals surface area contributed by atoms with Gasteiger partial charge in [-0.15, -0.1) is 0 Å². The number of Topliss-reactive ketones (excluding diaryl/α,β-unsaturated/α-hetero) is 1. The predicted molar refractivity (Wildman–Crippen MR) is 119 cm³/mol. The topological polar surface area (TPSA) is 80.8 Å². The van der Waals surface area contributed by atoms with Crippen molar-refractivity contribution in [3.8, 4) is 0 Å². The third-order valence-corrected chi connectivity index (χ3v) is 5.55. The smallest absolute Gasteiger partial charge is 0.338 e. The van der Waals surface area contributed by atoms with Gasteiger partial charge in [-0.2, -0.15) is 0 Å². The van der Waals surface area contributed by atoms with Crippen molar-refractivity contribution in [3.05, 3.63) is 99.6 Å². The lowest BCUT2D eigenvalue weighted by atomic mass is 10.0. The van der Waals surface area contributed by atoms with Gasteiger partial charge in [0.15, 0.2) is 12.4 Å². The zero-order chi connectivity index (χ0) is 23.0. The molecule has 0 unspecified atom stereocenters. The molecule has 0 saturated carbocycles. The maximum Gasteiger partial charge on any atom is 0.338 e. The number of fused-ring (bicyclic) bond motifs is 1. The van der Waals surface area contributed by atoms with Gasteiger partial charge >= 0.3 is 5.97 Å². The van der Waals surface area contributed by atoms with Gasteiger partial charge in [-0.3, -0.25) is 14.4 Å². The molecule has 3 aromatic rings. The van der Waals surface area contributed by atoms with Crippen molar-refractivity contribution in [1.82, 2.24) is 0 Å². The molecule has 0 radical (unpaired) electrons. The fraction of sp³-hybridized carbons (Fsp3) is 0.154. The molecule has 0 spiro atoms. The van der Waals surface area contributed by atoms with Crippen LogP contribution in [0.15, 0.2) is 60.7 Å². The van der Waals surface area contributed by atoms with Crippen LogP contribution in [-0.2, 0) is 4.74 Å². The SMILES string of the molecule is Cc1cccc(N2C(=O)c3ccc(C(=O)OCC(=O)c4ccc(C)c(C)c4)cc3C2=O)c1. The standard InChI is InChI=1S/C26H21NO5/c1-15-5-4-6-20(11-15)27-24(29)21-10-9-19(13-22(21)25(27)30)26(31)32-14-23(28)18-8-7-16(2)17(3)12-18/h4-13H,14H2,1-3H3. The molecule has 1 aliphatic rings. The Hall–Kier alpha value is -4.06. The number of aryl methyl sites for hydroxylation is 3. The Morgan fingerprint density at radius 1 is 0.781 bits per heavy atom. The molecule has 32 heavy (non-hydrogen) atoms. The molecule has 160 valence electrons. The normalized spacial score (nSPS) is 12.7. The van der Waals surface area contributed by atoms with E-state index in [1.54, 1.807) is 30.3 Å². The van der Waals surface area contributed by atoms with E-state index in [9.17, 15) is 19.2 Å². The molecule has 0 bridgehead atoms. The van der Waals surface area contributed by atoms with Crippen LogP contribution in [0.5, 0.6) is 0 Å². The van der Waals surface area contributed by atoms with Crippen LogP contribution in [0.1, 0.15) is 58.1 Å². The van der Waals surface area contributed by atoms with E-state index in [-0.39, 0.29) is 22.5 Å². The number of rotatable bonds is 5. The lowest BCUT2D eigenvalue weighted by molar-refractivity contribution is 0.0474. The summed E-state index contributed by atoms with van der Waals surface area (Å²) in [5.41, 5.74) is 4.34. The van der Waals surface area contributed by atoms with E-state index in [1.807, 2.05) is 32.9 Å². The van der Waals surface area contributed by atoms with Gasteiger partial charge in [-0.25, -0.2) is 9.69 Å². The predicted octanol–water partition coefficient (Wildman–Crippen LogP) is 4.45. The van der Waals surface area contributed by atoms with Gasteiger partial charge in [0.05, 0.1) is 22.4 Å². The summed E-state index contributed by atoms with van der Waals surface area (Å²) in [7, 11) is 0. The highest BCUT2D eigenvalue weighted by Gasteiger charge is 2.37. The lowest BCUT2D eigenvalue weighted by Gasteiger charge is -2.14. The van der Waals surface area contributed by atoms with Crippen LogP contribution in [0.2, 0.25) is 0 Å². The van der Waals surface area contributed by atoms with Crippen LogP contribution < -0.4 is 4.90 Å². The average Bonchev–Trinajstić information content (AvgIpc) is 3.03. The number of anilines is 1. The first-order valence-corrected chi connectivity index (χ1v) is 10.1. The first kappa shape index (κ1) is 21.2. The van der Waals surface area contributed by atoms with Crippen molar-refractivity contribution in [1.29, 1.82) is 0 Å². The molecule has 3 aromatic carbocycles. The van der Waals surface area contributed by atoms with Crippen molar-refractivity contribution >= 4 is 29.3 Å². The highest BCUT2D eigenvalue weighted by molar-refractivity contribution is 6.34. The minimum atomic E-state index is -0.737. The molecule has 6 nitrogen and oxygen atoms in total. The zero-order valence-corrected chi connectivity index (χ0v) is 18.0. The van der Waals surface area contributed by atoms with E-state index in [4.69, 9.17) is 4.74 Å². The van der Waals surface area contributed by atoms with E-state index in [2.05, 4.69) is 0 Å². The van der Waals surface area contributed by atoms with Crippen LogP contribution in [-0.4, -0.2) is 30.2 Å². The summed E-state index contributed by atoms with van der Waals surface area (Å²) in [6, 6.07) is 16.6. The van der Waals surface area contributed by atoms with E-state index < -0.39 is 24.4 Å². The Labute approximate surface area is 185 Å². The van der Waals surface area contributed by atoms with Crippen LogP contribution in [0.4, 0.5) is 5.69 Å². The molecule has 0 aromatic heterocycles. The van der Waals surface area contributed by atoms with Gasteiger partial charge in [0.25, 0.3) is 11.8 Å². The first-order chi connectivity index (χ1) is 15.3. The number of nitrogens with zero attached hydrogens (tertiary/aromatic N) is 1. The maximum atomic E-state index is 12.9. The van der Waals surface area contributed by atoms with Crippen LogP contribution in [0.25, 0.3) is 0 Å². The third kappa shape index (κ3) is 3.83. The number of hydrogen-bond acceptors (Lipinski definition) is 5. The maximum absolute atomic E-state index is 12.9. The van der Waals surface area contributed by atoms with Crippen LogP contribution in [0.3, 0.4) is 0 Å². The van der Waals surface area contributed by atoms with Crippen molar-refractivity contribution in [3.63, 3.8) is 0 Å². The van der Waals surface area contributed by atoms with Crippen LogP contribution in [0, 0.1) is 20.8 Å². The Morgan fingerprint density at radius 3 is 2.22 bits per heavy atom. The Balaban J connectivity index is 1.51. The van der Waals surface area contributed by atoms with Gasteiger partial charge in [-0.1, -0.05) is 24.3 Å². The number of ketones is 1. The molecular weight excluding hydrogens is 406 g/mol. The van der Waals surface area contributed by atoms with Gasteiger partial charge in [0, 0.05) is 5.56 Å². The second-order valence-corrected chi connectivity index (χ2v) is 7.84. The third-order valence-electron chi connectivity index (χ3n) is 5.55. The number of carbonyl (C=O) groups excluding carboxylic acids is 4. The van der Waals surface area contributed by atoms with E-state index >= 15 is 0 Å². The summed E-state index contributed by atoms with van der Waals surface area (Å²) in [4.78, 5) is 51.6. The quantitative estimate of drug-likeness (QED) is 0.341. The highest BCUT2D eigenvalue weighted by Crippen LogP contribution is 2.29. The zero-order valence-electron chi connectivity index (χ0n) is 18.0. The fourth-order valence-corrected chi connectivity index (χ4v) is 3.58. The second kappa shape index (κ2) is 8.23. The van der Waals surface area contributed by atoms with Crippen LogP contribution >= 0.6 is 0 Å². The van der Waals surface area contributed by atoms with Crippen molar-refractivity contribution in [2.75, 3.05) is 11.5 Å². The number of esters is 1. The number of ether oxygens (including phenoxy) is 1. The number of amides is 2. The largest absolute Gasteiger partial charge is 0.454 e. The minimum absolute atomic E-state index is 0.101. The lowest BCUT2D eigenvalue weighted by Crippen LogP contribution is -2.29. The van der Waals surface area contributed by atoms with E-state index in [0.717, 1.165) is 21.6 Å². The summed E-state index contributed by atoms with van der Waals surface area (Å²) in [6.07, 6.45) is 0. The van der Waals surface area contributed by atoms with E-state index in [1.165, 1.54) is 18.2 Å². The van der Waals surface area contributed by atoms with Gasteiger partial charge < -0.3 is 4.74 Å². The molecule has 1 heterocycles. The molecular formula is C26H21NO5. The van der Waals surface area contributed by atoms with Gasteiger partial charge in [0.1, 0.15) is 0 Å². The second-order valence-electron chi connectivity index (χ2n) is 7.84. The van der Waals surface area contributed by atoms with Crippen molar-refractivity contribution in [2.24, 2.45) is 0 Å². The summed E-state index contributed by atoms with van der Waals surface area (Å²) in [5, 5.41) is 0. The minimum Gasteiger partial charge on any atom is -0.454 e. The fourth-order valence-electron chi connectivity index (χ4n) is 3.58. The molecule has 0 fully saturated rings. The highest BCUT2D eigenvalue weighted by atomic mass is 16.5. The summed E-state index contributed by atoms with van der Waals surface area (Å²) in [6.45, 7) is 5.31. The molecule has 4 rings (SSSR count). The Kier molecular flexibility index (Phi) is 5.45. The molecule has 0 saturated heterocycles. The monoisotopic (exact) mass is 427 g/mol. The molecule has 0 aliphatic carbocycles. The number of imide groups is 1. The number of hydrogen-bond donors (Lipinski definition) is 0. The number of carbonyl (C=O) groups is 4. The molecule has 2 amide bonds. The molecule has 1 aliphatic heterocycles. The van der Waals surface area contributed by atoms with E-state index in [0.29, 0.717) is 11.3 Å². The first-order valence-electron chi connectivity index (χ1n) is 10.1. The van der Waals surface area contributed by atoms with Crippen molar-refractivity contribution < 1.29 is 23.9 Å². The Bertz CT molecular complexity index is 1290. The number of benzene rings is 3. The molecule has 6 heteroatoms. The van der Waals surface area contributed by atoms with Crippen molar-refractivity contribution in [2.45, 2.75) is 20.8 Å². The molecule has 0 N–H and O–H groups in total. The Morgan fingerprint density at radius 2 is 1.50 bits per heavy atom. The average molecular weight is 427 g/mol. The summed E-state index contributed by atoms with van der Waals surface area (Å²) >= 11 is 0. The summed E-state index contributed by atoms with van der Waals surface area (Å²) in [5.74, 6) is -2.00. The van der Waals surface area contributed by atoms with Gasteiger partial charge in [-0.05, 0) is 73.9 Å².